The van der Waals surface area contributed by atoms with Gasteiger partial charge in [-0.1, -0.05) is 20.8 Å². The molecule has 68 valence electrons. The Morgan fingerprint density at radius 2 is 1.82 bits per heavy atom. The lowest BCUT2D eigenvalue weighted by Gasteiger charge is -2.25. The molecule has 0 aromatic carbocycles. The molecule has 1 rings (SSSR count). The molecule has 4 heteroatoms. The Morgan fingerprint density at radius 1 is 1.27 bits per heavy atom. The van der Waals surface area contributed by atoms with Crippen molar-refractivity contribution in [2.45, 2.75) is 39.4 Å². The number of rotatable bonds is 0. The molecule has 0 spiro atoms. The van der Waals surface area contributed by atoms with Crippen molar-refractivity contribution in [2.75, 3.05) is 0 Å². The zero-order valence-electron chi connectivity index (χ0n) is 7.35. The van der Waals surface area contributed by atoms with E-state index < -0.39 is 0 Å². The number of hydrazine groups is 1. The maximum absolute atomic E-state index is 5.65. The summed E-state index contributed by atoms with van der Waals surface area (Å²) in [6, 6.07) is 0.502. The van der Waals surface area contributed by atoms with Gasteiger partial charge in [-0.2, -0.15) is 0 Å². The molecule has 4 N–H and O–H groups in total. The van der Waals surface area contributed by atoms with Crippen LogP contribution in [0.2, 0.25) is 0 Å². The van der Waals surface area contributed by atoms with Gasteiger partial charge >= 0.3 is 0 Å². The molecule has 3 nitrogen and oxygen atoms in total. The van der Waals surface area contributed by atoms with Crippen LogP contribution in [0, 0.1) is 5.41 Å². The van der Waals surface area contributed by atoms with Crippen LogP contribution < -0.4 is 16.6 Å². The highest BCUT2D eigenvalue weighted by Crippen LogP contribution is 2.23. The van der Waals surface area contributed by atoms with E-state index in [1.807, 2.05) is 0 Å². The molecule has 0 saturated carbocycles. The molecule has 0 amide bonds. The van der Waals surface area contributed by atoms with Crippen LogP contribution in [0.5, 0.6) is 0 Å². The fourth-order valence-electron chi connectivity index (χ4n) is 1.15. The van der Waals surface area contributed by atoms with Gasteiger partial charge in [-0.05, 0) is 11.8 Å². The third-order valence-electron chi connectivity index (χ3n) is 1.98. The van der Waals surface area contributed by atoms with Crippen molar-refractivity contribution in [1.29, 1.82) is 0 Å². The van der Waals surface area contributed by atoms with Crippen LogP contribution in [0.4, 0.5) is 0 Å². The second-order valence-electron chi connectivity index (χ2n) is 4.05. The van der Waals surface area contributed by atoms with Crippen LogP contribution in [-0.2, 0) is 0 Å². The molecule has 0 bridgehead atoms. The Hall–Kier alpha value is 0.170. The van der Waals surface area contributed by atoms with E-state index in [0.29, 0.717) is 11.5 Å². The zero-order chi connectivity index (χ0) is 7.78. The zero-order valence-corrected chi connectivity index (χ0v) is 8.16. The largest absolute Gasteiger partial charge is 0.315 e. The van der Waals surface area contributed by atoms with Crippen molar-refractivity contribution in [1.82, 2.24) is 10.9 Å². The molecule has 1 aliphatic heterocycles. The summed E-state index contributed by atoms with van der Waals surface area (Å²) in [6.45, 7) is 6.64. The molecule has 2 atom stereocenters. The Balaban J connectivity index is 0.000001000. The molecule has 0 aliphatic carbocycles. The molecular weight excluding hydrogens is 162 g/mol. The lowest BCUT2D eigenvalue weighted by Crippen LogP contribution is -2.41. The fourth-order valence-corrected chi connectivity index (χ4v) is 1.15. The molecule has 2 unspecified atom stereocenters. The first-order chi connectivity index (χ1) is 4.50. The predicted octanol–water partition coefficient (Wildman–Crippen LogP) is 0.606. The van der Waals surface area contributed by atoms with Gasteiger partial charge in [0.1, 0.15) is 0 Å². The molecule has 1 saturated heterocycles. The minimum atomic E-state index is 0. The van der Waals surface area contributed by atoms with Gasteiger partial charge in [0.05, 0.1) is 6.17 Å². The smallest absolute Gasteiger partial charge is 0.0694 e. The monoisotopic (exact) mass is 179 g/mol. The molecule has 0 aromatic rings. The van der Waals surface area contributed by atoms with Gasteiger partial charge < -0.3 is 5.73 Å². The summed E-state index contributed by atoms with van der Waals surface area (Å²) in [5.41, 5.74) is 12.1. The quantitative estimate of drug-likeness (QED) is 0.511. The average molecular weight is 180 g/mol. The molecule has 0 radical (unpaired) electrons. The topological polar surface area (TPSA) is 50.1 Å². The molecule has 11 heavy (non-hydrogen) atoms. The Morgan fingerprint density at radius 3 is 2.00 bits per heavy atom. The highest BCUT2D eigenvalue weighted by molar-refractivity contribution is 5.85. The average Bonchev–Trinajstić information content (AvgIpc) is 2.11. The van der Waals surface area contributed by atoms with E-state index in [9.17, 15) is 0 Å². The number of halogens is 1. The van der Waals surface area contributed by atoms with Gasteiger partial charge in [0.2, 0.25) is 0 Å². The Labute approximate surface area is 74.5 Å². The first-order valence-corrected chi connectivity index (χ1v) is 3.77. The van der Waals surface area contributed by atoms with Crippen molar-refractivity contribution in [3.63, 3.8) is 0 Å². The number of nitrogens with two attached hydrogens (primary N) is 1. The van der Waals surface area contributed by atoms with Crippen molar-refractivity contribution in [3.8, 4) is 0 Å². The van der Waals surface area contributed by atoms with Crippen LogP contribution in [0.3, 0.4) is 0 Å². The van der Waals surface area contributed by atoms with Crippen molar-refractivity contribution >= 4 is 12.4 Å². The maximum Gasteiger partial charge on any atom is 0.0694 e. The van der Waals surface area contributed by atoms with Gasteiger partial charge in [0.25, 0.3) is 0 Å². The van der Waals surface area contributed by atoms with E-state index in [0.717, 1.165) is 6.42 Å². The summed E-state index contributed by atoms with van der Waals surface area (Å²) in [6.07, 6.45) is 1.15. The highest BCUT2D eigenvalue weighted by Gasteiger charge is 2.30. The van der Waals surface area contributed by atoms with Gasteiger partial charge in [-0.3, -0.25) is 5.43 Å². The second kappa shape index (κ2) is 3.72. The summed E-state index contributed by atoms with van der Waals surface area (Å²) in [5, 5.41) is 0. The van der Waals surface area contributed by atoms with Crippen molar-refractivity contribution in [2.24, 2.45) is 11.1 Å². The molecule has 1 aliphatic rings. The Bertz CT molecular complexity index is 121. The predicted molar refractivity (Wildman–Crippen MR) is 49.4 cm³/mol. The van der Waals surface area contributed by atoms with E-state index in [2.05, 4.69) is 31.6 Å². The van der Waals surface area contributed by atoms with Crippen LogP contribution >= 0.6 is 12.4 Å². The molecule has 1 heterocycles. The standard InChI is InChI=1S/C7H17N3.ClH/c1-7(2,3)5-4-6(8)10-9-5;/h5-6,9-10H,4,8H2,1-3H3;1H. The molecule has 0 aromatic heterocycles. The maximum atomic E-state index is 5.65. The fraction of sp³-hybridized carbons (Fsp3) is 1.00. The third kappa shape index (κ3) is 2.95. The van der Waals surface area contributed by atoms with E-state index in [1.165, 1.54) is 0 Å². The number of nitrogens with one attached hydrogen (secondary N) is 2. The second-order valence-corrected chi connectivity index (χ2v) is 4.05. The van der Waals surface area contributed by atoms with Crippen LogP contribution in [0.1, 0.15) is 27.2 Å². The van der Waals surface area contributed by atoms with Gasteiger partial charge in [-0.25, -0.2) is 5.43 Å². The lowest BCUT2D eigenvalue weighted by atomic mass is 9.85. The van der Waals surface area contributed by atoms with Crippen molar-refractivity contribution < 1.29 is 0 Å². The van der Waals surface area contributed by atoms with Crippen LogP contribution in [0.25, 0.3) is 0 Å². The van der Waals surface area contributed by atoms with E-state index >= 15 is 0 Å². The molecular formula is C7H18ClN3. The third-order valence-corrected chi connectivity index (χ3v) is 1.98. The normalized spacial score (nSPS) is 31.6. The minimum Gasteiger partial charge on any atom is -0.315 e. The first kappa shape index (κ1) is 11.2. The van der Waals surface area contributed by atoms with Gasteiger partial charge in [0.15, 0.2) is 0 Å². The summed E-state index contributed by atoms with van der Waals surface area (Å²) in [5.74, 6) is 0. The SMILES string of the molecule is CC(C)(C)C1CC(N)NN1.Cl. The highest BCUT2D eigenvalue weighted by atomic mass is 35.5. The van der Waals surface area contributed by atoms with Crippen molar-refractivity contribution in [3.05, 3.63) is 0 Å². The van der Waals surface area contributed by atoms with Gasteiger partial charge in [0, 0.05) is 6.04 Å². The Kier molecular flexibility index (Phi) is 3.77. The van der Waals surface area contributed by atoms with E-state index in [1.54, 1.807) is 0 Å². The van der Waals surface area contributed by atoms with Crippen LogP contribution in [0.15, 0.2) is 0 Å². The lowest BCUT2D eigenvalue weighted by molar-refractivity contribution is 0.286. The van der Waals surface area contributed by atoms with E-state index in [4.69, 9.17) is 5.73 Å². The first-order valence-electron chi connectivity index (χ1n) is 3.77. The summed E-state index contributed by atoms with van der Waals surface area (Å²) in [4.78, 5) is 0. The minimum absolute atomic E-state index is 0. The summed E-state index contributed by atoms with van der Waals surface area (Å²) < 4.78 is 0. The summed E-state index contributed by atoms with van der Waals surface area (Å²) in [7, 11) is 0. The summed E-state index contributed by atoms with van der Waals surface area (Å²) >= 11 is 0. The van der Waals surface area contributed by atoms with E-state index in [-0.39, 0.29) is 18.6 Å². The number of hydrogen-bond acceptors (Lipinski definition) is 3. The number of hydrogen-bond donors (Lipinski definition) is 3. The molecule has 1 fully saturated rings. The van der Waals surface area contributed by atoms with Gasteiger partial charge in [-0.15, -0.1) is 12.4 Å². The van der Waals surface area contributed by atoms with Crippen LogP contribution in [-0.4, -0.2) is 12.2 Å².